The van der Waals surface area contributed by atoms with Gasteiger partial charge in [-0.2, -0.15) is 0 Å². The molecule has 0 aliphatic heterocycles. The van der Waals surface area contributed by atoms with Crippen molar-refractivity contribution < 1.29 is 0 Å². The summed E-state index contributed by atoms with van der Waals surface area (Å²) in [6.07, 6.45) is 11.0. The van der Waals surface area contributed by atoms with Crippen LogP contribution in [0.1, 0.15) is 57.2 Å². The highest BCUT2D eigenvalue weighted by Crippen LogP contribution is 2.33. The fourth-order valence-corrected chi connectivity index (χ4v) is 1.68. The first kappa shape index (κ1) is 9.69. The number of nitrogens with zero attached hydrogens (tertiary/aromatic N) is 3. The molecule has 0 unspecified atom stereocenters. The predicted molar refractivity (Wildman–Crippen MR) is 56.1 cm³/mol. The third-order valence-corrected chi connectivity index (χ3v) is 2.77. The summed E-state index contributed by atoms with van der Waals surface area (Å²) < 4.78 is 2.04. The van der Waals surface area contributed by atoms with Crippen molar-refractivity contribution in [1.82, 2.24) is 15.0 Å². The van der Waals surface area contributed by atoms with E-state index < -0.39 is 0 Å². The molecule has 14 heavy (non-hydrogen) atoms. The second-order valence-electron chi connectivity index (χ2n) is 4.23. The summed E-state index contributed by atoms with van der Waals surface area (Å²) in [4.78, 5) is 0. The molecule has 0 N–H and O–H groups in total. The van der Waals surface area contributed by atoms with Crippen molar-refractivity contribution in [2.75, 3.05) is 0 Å². The van der Waals surface area contributed by atoms with Crippen LogP contribution in [0.4, 0.5) is 0 Å². The van der Waals surface area contributed by atoms with Gasteiger partial charge < -0.3 is 0 Å². The molecule has 1 aliphatic rings. The molecule has 3 nitrogen and oxygen atoms in total. The SMILES string of the molecule is CCCCCCc1cn(C2CC2)nn1. The highest BCUT2D eigenvalue weighted by atomic mass is 15.4. The summed E-state index contributed by atoms with van der Waals surface area (Å²) in [7, 11) is 0. The van der Waals surface area contributed by atoms with Crippen LogP contribution in [0.25, 0.3) is 0 Å². The largest absolute Gasteiger partial charge is 0.249 e. The number of rotatable bonds is 6. The Morgan fingerprint density at radius 3 is 2.93 bits per heavy atom. The molecule has 1 saturated carbocycles. The van der Waals surface area contributed by atoms with Crippen molar-refractivity contribution in [3.8, 4) is 0 Å². The first-order chi connectivity index (χ1) is 6.90. The van der Waals surface area contributed by atoms with Gasteiger partial charge in [-0.1, -0.05) is 31.4 Å². The van der Waals surface area contributed by atoms with Gasteiger partial charge in [-0.15, -0.1) is 5.10 Å². The van der Waals surface area contributed by atoms with Gasteiger partial charge in [0.05, 0.1) is 11.7 Å². The number of unbranched alkanes of at least 4 members (excludes halogenated alkanes) is 3. The standard InChI is InChI=1S/C11H19N3/c1-2-3-4-5-6-10-9-14(13-12-10)11-7-8-11/h9,11H,2-8H2,1H3. The molecule has 0 amide bonds. The lowest BCUT2D eigenvalue weighted by Gasteiger charge is -1.95. The Hall–Kier alpha value is -0.860. The van der Waals surface area contributed by atoms with Gasteiger partial charge in [0.25, 0.3) is 0 Å². The van der Waals surface area contributed by atoms with E-state index in [4.69, 9.17) is 0 Å². The third kappa shape index (κ3) is 2.56. The molecule has 1 fully saturated rings. The molecule has 0 aromatic carbocycles. The second-order valence-corrected chi connectivity index (χ2v) is 4.23. The minimum absolute atomic E-state index is 0.673. The maximum absolute atomic E-state index is 4.19. The smallest absolute Gasteiger partial charge is 0.0827 e. The molecule has 0 spiro atoms. The van der Waals surface area contributed by atoms with Crippen LogP contribution >= 0.6 is 0 Å². The zero-order valence-corrected chi connectivity index (χ0v) is 8.95. The minimum atomic E-state index is 0.673. The highest BCUT2D eigenvalue weighted by molar-refractivity contribution is 4.95. The molecule has 1 heterocycles. The van der Waals surface area contributed by atoms with E-state index in [0.29, 0.717) is 6.04 Å². The fraction of sp³-hybridized carbons (Fsp3) is 0.818. The van der Waals surface area contributed by atoms with Crippen molar-refractivity contribution in [3.05, 3.63) is 11.9 Å². The second kappa shape index (κ2) is 4.58. The minimum Gasteiger partial charge on any atom is -0.249 e. The molecule has 0 bridgehead atoms. The van der Waals surface area contributed by atoms with Gasteiger partial charge in [0.2, 0.25) is 0 Å². The van der Waals surface area contributed by atoms with E-state index >= 15 is 0 Å². The van der Waals surface area contributed by atoms with Crippen LogP contribution in [0.15, 0.2) is 6.20 Å². The van der Waals surface area contributed by atoms with E-state index in [9.17, 15) is 0 Å². The lowest BCUT2D eigenvalue weighted by Crippen LogP contribution is -1.93. The van der Waals surface area contributed by atoms with E-state index in [1.54, 1.807) is 0 Å². The molecular weight excluding hydrogens is 174 g/mol. The summed E-state index contributed by atoms with van der Waals surface area (Å²) in [5.41, 5.74) is 1.17. The predicted octanol–water partition coefficient (Wildman–Crippen LogP) is 2.74. The van der Waals surface area contributed by atoms with Gasteiger partial charge in [-0.05, 0) is 25.7 Å². The Labute approximate surface area is 85.5 Å². The zero-order chi connectivity index (χ0) is 9.80. The average molecular weight is 193 g/mol. The van der Waals surface area contributed by atoms with Crippen molar-refractivity contribution in [3.63, 3.8) is 0 Å². The number of hydrogen-bond donors (Lipinski definition) is 0. The Balaban J connectivity index is 1.72. The van der Waals surface area contributed by atoms with Crippen molar-refractivity contribution in [1.29, 1.82) is 0 Å². The van der Waals surface area contributed by atoms with Crippen molar-refractivity contribution in [2.24, 2.45) is 0 Å². The van der Waals surface area contributed by atoms with Crippen LogP contribution in [0.5, 0.6) is 0 Å². The number of hydrogen-bond acceptors (Lipinski definition) is 2. The van der Waals surface area contributed by atoms with Gasteiger partial charge >= 0.3 is 0 Å². The monoisotopic (exact) mass is 193 g/mol. The Morgan fingerprint density at radius 1 is 1.36 bits per heavy atom. The van der Waals surface area contributed by atoms with Gasteiger partial charge in [0.15, 0.2) is 0 Å². The van der Waals surface area contributed by atoms with E-state index in [1.807, 2.05) is 4.68 Å². The van der Waals surface area contributed by atoms with Gasteiger partial charge in [0.1, 0.15) is 0 Å². The molecule has 1 aromatic heterocycles. The average Bonchev–Trinajstić information content (AvgIpc) is 2.94. The maximum atomic E-state index is 4.19. The van der Waals surface area contributed by atoms with E-state index in [0.717, 1.165) is 6.42 Å². The summed E-state index contributed by atoms with van der Waals surface area (Å²) >= 11 is 0. The van der Waals surface area contributed by atoms with E-state index in [-0.39, 0.29) is 0 Å². The van der Waals surface area contributed by atoms with Crippen LogP contribution in [0, 0.1) is 0 Å². The van der Waals surface area contributed by atoms with Crippen LogP contribution in [0.2, 0.25) is 0 Å². The number of aromatic nitrogens is 3. The molecule has 1 aliphatic carbocycles. The fourth-order valence-electron chi connectivity index (χ4n) is 1.68. The van der Waals surface area contributed by atoms with Crippen LogP contribution in [-0.2, 0) is 6.42 Å². The summed E-state index contributed by atoms with van der Waals surface area (Å²) in [5, 5.41) is 8.33. The highest BCUT2D eigenvalue weighted by Gasteiger charge is 2.24. The molecular formula is C11H19N3. The van der Waals surface area contributed by atoms with Crippen LogP contribution in [-0.4, -0.2) is 15.0 Å². The van der Waals surface area contributed by atoms with Crippen molar-refractivity contribution in [2.45, 2.75) is 57.9 Å². The third-order valence-electron chi connectivity index (χ3n) is 2.77. The molecule has 3 heteroatoms. The summed E-state index contributed by atoms with van der Waals surface area (Å²) in [5.74, 6) is 0. The molecule has 0 saturated heterocycles. The first-order valence-electron chi connectivity index (χ1n) is 5.81. The number of aryl methyl sites for hydroxylation is 1. The molecule has 2 rings (SSSR count). The molecule has 0 atom stereocenters. The van der Waals surface area contributed by atoms with Gasteiger partial charge in [0, 0.05) is 6.20 Å². The topological polar surface area (TPSA) is 30.7 Å². The zero-order valence-electron chi connectivity index (χ0n) is 8.95. The lowest BCUT2D eigenvalue weighted by atomic mass is 10.1. The molecule has 78 valence electrons. The van der Waals surface area contributed by atoms with Gasteiger partial charge in [-0.3, -0.25) is 0 Å². The van der Waals surface area contributed by atoms with E-state index in [2.05, 4.69) is 23.4 Å². The van der Waals surface area contributed by atoms with Crippen molar-refractivity contribution >= 4 is 0 Å². The van der Waals surface area contributed by atoms with Gasteiger partial charge in [-0.25, -0.2) is 4.68 Å². The molecule has 0 radical (unpaired) electrons. The molecule has 1 aromatic rings. The summed E-state index contributed by atoms with van der Waals surface area (Å²) in [6.45, 7) is 2.24. The maximum Gasteiger partial charge on any atom is 0.0827 e. The summed E-state index contributed by atoms with van der Waals surface area (Å²) in [6, 6.07) is 0.673. The van der Waals surface area contributed by atoms with Crippen LogP contribution < -0.4 is 0 Å². The Bertz CT molecular complexity index is 276. The lowest BCUT2D eigenvalue weighted by molar-refractivity contribution is 0.610. The first-order valence-corrected chi connectivity index (χ1v) is 5.81. The van der Waals surface area contributed by atoms with E-state index in [1.165, 1.54) is 44.2 Å². The quantitative estimate of drug-likeness (QED) is 0.650. The Morgan fingerprint density at radius 2 is 2.21 bits per heavy atom. The van der Waals surface area contributed by atoms with Crippen LogP contribution in [0.3, 0.4) is 0 Å². The Kier molecular flexibility index (Phi) is 3.17. The normalized spacial score (nSPS) is 16.1.